The van der Waals surface area contributed by atoms with E-state index >= 15 is 0 Å². The van der Waals surface area contributed by atoms with Gasteiger partial charge in [0.05, 0.1) is 0 Å². The quantitative estimate of drug-likeness (QED) is 0.513. The molecule has 18 heavy (non-hydrogen) atoms. The number of carbonyl (C=O) groups is 1. The van der Waals surface area contributed by atoms with Crippen molar-refractivity contribution in [3.63, 3.8) is 0 Å². The molecule has 0 radical (unpaired) electrons. The summed E-state index contributed by atoms with van der Waals surface area (Å²) in [6, 6.07) is 2.66. The zero-order valence-corrected chi connectivity index (χ0v) is 10.2. The van der Waals surface area contributed by atoms with Gasteiger partial charge in [-0.05, 0) is 25.3 Å². The molecule has 0 spiro atoms. The summed E-state index contributed by atoms with van der Waals surface area (Å²) in [6.45, 7) is 3.06. The normalized spacial score (nSPS) is 15.9. The number of carboxylic acids is 1. The second-order valence-electron chi connectivity index (χ2n) is 4.70. The molecular weight excluding hydrogens is 238 g/mol. The van der Waals surface area contributed by atoms with Gasteiger partial charge in [-0.2, -0.15) is 0 Å². The molecule has 0 aliphatic rings. The molecule has 0 aromatic heterocycles. The Kier molecular flexibility index (Phi) is 3.71. The monoisotopic (exact) mass is 255 g/mol. The fourth-order valence-corrected chi connectivity index (χ4v) is 1.82. The lowest BCUT2D eigenvalue weighted by Crippen LogP contribution is -2.45. The fourth-order valence-electron chi connectivity index (χ4n) is 1.82. The molecule has 2 unspecified atom stereocenters. The van der Waals surface area contributed by atoms with Crippen LogP contribution in [0, 0.1) is 0 Å². The van der Waals surface area contributed by atoms with Crippen LogP contribution in [0.1, 0.15) is 31.7 Å². The average molecular weight is 255 g/mol. The Morgan fingerprint density at radius 3 is 2.39 bits per heavy atom. The van der Waals surface area contributed by atoms with E-state index in [4.69, 9.17) is 10.8 Å². The van der Waals surface area contributed by atoms with Crippen molar-refractivity contribution in [3.05, 3.63) is 17.7 Å². The second kappa shape index (κ2) is 4.73. The van der Waals surface area contributed by atoms with Gasteiger partial charge in [-0.25, -0.2) is 0 Å². The summed E-state index contributed by atoms with van der Waals surface area (Å²) in [5, 5.41) is 37.2. The molecular formula is C12H17NO5. The van der Waals surface area contributed by atoms with Crippen LogP contribution in [0.4, 0.5) is 0 Å². The van der Waals surface area contributed by atoms with Gasteiger partial charge in [-0.3, -0.25) is 4.79 Å². The molecule has 0 aliphatic carbocycles. The van der Waals surface area contributed by atoms with Crippen LogP contribution in [0.2, 0.25) is 0 Å². The summed E-state index contributed by atoms with van der Waals surface area (Å²) < 4.78 is 0. The Morgan fingerprint density at radius 2 is 1.89 bits per heavy atom. The van der Waals surface area contributed by atoms with Gasteiger partial charge in [-0.15, -0.1) is 0 Å². The highest BCUT2D eigenvalue weighted by molar-refractivity contribution is 5.78. The zero-order chi connectivity index (χ0) is 14.1. The summed E-state index contributed by atoms with van der Waals surface area (Å²) >= 11 is 0. The van der Waals surface area contributed by atoms with E-state index in [1.165, 1.54) is 19.1 Å². The third kappa shape index (κ3) is 2.65. The standard InChI is InChI=1S/C12H17NO5/c1-6(5-12(2,13)11(17)18)7-3-4-8(14)10(16)9(7)15/h3-4,6,14-16H,5,13H2,1-2H3,(H,17,18). The number of phenolic OH excluding ortho intramolecular Hbond substituents is 3. The maximum Gasteiger partial charge on any atom is 0.323 e. The van der Waals surface area contributed by atoms with Crippen molar-refractivity contribution in [2.24, 2.45) is 5.73 Å². The van der Waals surface area contributed by atoms with E-state index in [0.717, 1.165) is 0 Å². The van der Waals surface area contributed by atoms with Crippen LogP contribution in [0.5, 0.6) is 17.2 Å². The number of aliphatic carboxylic acids is 1. The predicted octanol–water partition coefficient (Wildman–Crippen LogP) is 1.10. The lowest BCUT2D eigenvalue weighted by molar-refractivity contribution is -0.143. The topological polar surface area (TPSA) is 124 Å². The van der Waals surface area contributed by atoms with Crippen molar-refractivity contribution >= 4 is 5.97 Å². The molecule has 0 bridgehead atoms. The van der Waals surface area contributed by atoms with Gasteiger partial charge in [0.15, 0.2) is 11.5 Å². The van der Waals surface area contributed by atoms with E-state index in [1.54, 1.807) is 6.92 Å². The molecule has 0 aliphatic heterocycles. The first kappa shape index (κ1) is 14.1. The molecule has 0 fully saturated rings. The number of rotatable bonds is 4. The molecule has 6 N–H and O–H groups in total. The number of nitrogens with two attached hydrogens (primary N) is 1. The molecule has 0 amide bonds. The number of hydrogen-bond acceptors (Lipinski definition) is 5. The summed E-state index contributed by atoms with van der Waals surface area (Å²) in [6.07, 6.45) is 0.0834. The molecule has 1 rings (SSSR count). The minimum absolute atomic E-state index is 0.0834. The van der Waals surface area contributed by atoms with Gasteiger partial charge < -0.3 is 26.2 Å². The molecule has 1 aromatic carbocycles. The van der Waals surface area contributed by atoms with Crippen LogP contribution in [-0.4, -0.2) is 31.9 Å². The number of benzene rings is 1. The van der Waals surface area contributed by atoms with Gasteiger partial charge in [0.2, 0.25) is 5.75 Å². The Hall–Kier alpha value is -1.95. The molecule has 0 heterocycles. The lowest BCUT2D eigenvalue weighted by atomic mass is 9.86. The van der Waals surface area contributed by atoms with E-state index in [1.807, 2.05) is 0 Å². The number of hydrogen-bond donors (Lipinski definition) is 5. The van der Waals surface area contributed by atoms with Crippen molar-refractivity contribution in [3.8, 4) is 17.2 Å². The Labute approximate surface area is 104 Å². The SMILES string of the molecule is CC(CC(C)(N)C(=O)O)c1ccc(O)c(O)c1O. The first-order valence-corrected chi connectivity index (χ1v) is 5.43. The van der Waals surface area contributed by atoms with Crippen LogP contribution < -0.4 is 5.73 Å². The van der Waals surface area contributed by atoms with Crippen molar-refractivity contribution in [1.82, 2.24) is 0 Å². The summed E-state index contributed by atoms with van der Waals surface area (Å²) in [7, 11) is 0. The Morgan fingerprint density at radius 1 is 1.33 bits per heavy atom. The van der Waals surface area contributed by atoms with Crippen molar-refractivity contribution in [1.29, 1.82) is 0 Å². The highest BCUT2D eigenvalue weighted by Crippen LogP contribution is 2.41. The molecule has 0 saturated carbocycles. The molecule has 100 valence electrons. The smallest absolute Gasteiger partial charge is 0.323 e. The maximum atomic E-state index is 10.9. The molecule has 6 nitrogen and oxygen atoms in total. The molecule has 6 heteroatoms. The van der Waals surface area contributed by atoms with Crippen LogP contribution in [-0.2, 0) is 4.79 Å². The number of carboxylic acid groups (broad SMARTS) is 1. The minimum atomic E-state index is -1.43. The summed E-state index contributed by atoms with van der Waals surface area (Å²) in [5.74, 6) is -3.03. The van der Waals surface area contributed by atoms with Crippen molar-refractivity contribution in [2.45, 2.75) is 31.7 Å². The second-order valence-corrected chi connectivity index (χ2v) is 4.70. The number of aromatic hydroxyl groups is 3. The van der Waals surface area contributed by atoms with E-state index < -0.39 is 28.8 Å². The number of phenols is 3. The van der Waals surface area contributed by atoms with Gasteiger partial charge in [-0.1, -0.05) is 13.0 Å². The highest BCUT2D eigenvalue weighted by Gasteiger charge is 2.31. The highest BCUT2D eigenvalue weighted by atomic mass is 16.4. The van der Waals surface area contributed by atoms with Crippen LogP contribution >= 0.6 is 0 Å². The maximum absolute atomic E-state index is 10.9. The minimum Gasteiger partial charge on any atom is -0.504 e. The fraction of sp³-hybridized carbons (Fsp3) is 0.417. The summed E-state index contributed by atoms with van der Waals surface area (Å²) in [4.78, 5) is 10.9. The van der Waals surface area contributed by atoms with E-state index in [-0.39, 0.29) is 12.3 Å². The average Bonchev–Trinajstić information content (AvgIpc) is 2.25. The van der Waals surface area contributed by atoms with E-state index in [9.17, 15) is 20.1 Å². The Bertz CT molecular complexity index is 470. The third-order valence-electron chi connectivity index (χ3n) is 2.91. The predicted molar refractivity (Wildman–Crippen MR) is 64.7 cm³/mol. The van der Waals surface area contributed by atoms with Gasteiger partial charge in [0, 0.05) is 5.56 Å². The zero-order valence-electron chi connectivity index (χ0n) is 10.2. The van der Waals surface area contributed by atoms with Gasteiger partial charge in [0.25, 0.3) is 0 Å². The first-order chi connectivity index (χ1) is 8.16. The van der Waals surface area contributed by atoms with Gasteiger partial charge in [0.1, 0.15) is 5.54 Å². The van der Waals surface area contributed by atoms with Crippen LogP contribution in [0.25, 0.3) is 0 Å². The molecule has 1 aromatic rings. The largest absolute Gasteiger partial charge is 0.504 e. The molecule has 2 atom stereocenters. The molecule has 0 saturated heterocycles. The lowest BCUT2D eigenvalue weighted by Gasteiger charge is -2.24. The van der Waals surface area contributed by atoms with Crippen molar-refractivity contribution in [2.75, 3.05) is 0 Å². The van der Waals surface area contributed by atoms with Crippen LogP contribution in [0.3, 0.4) is 0 Å². The van der Waals surface area contributed by atoms with E-state index in [2.05, 4.69) is 0 Å². The first-order valence-electron chi connectivity index (χ1n) is 5.43. The summed E-state index contributed by atoms with van der Waals surface area (Å²) in [5.41, 5.74) is 4.53. The van der Waals surface area contributed by atoms with Gasteiger partial charge >= 0.3 is 5.97 Å². The third-order valence-corrected chi connectivity index (χ3v) is 2.91. The van der Waals surface area contributed by atoms with Crippen molar-refractivity contribution < 1.29 is 25.2 Å². The van der Waals surface area contributed by atoms with Crippen LogP contribution in [0.15, 0.2) is 12.1 Å². The Balaban J connectivity index is 3.02. The van der Waals surface area contributed by atoms with E-state index in [0.29, 0.717) is 5.56 Å².